The summed E-state index contributed by atoms with van der Waals surface area (Å²) in [6, 6.07) is 6.42. The molecule has 1 fully saturated rings. The molecule has 3 rings (SSSR count). The van der Waals surface area contributed by atoms with Gasteiger partial charge in [0, 0.05) is 11.7 Å². The molecule has 1 saturated carbocycles. The molecule has 0 aromatic heterocycles. The average molecular weight is 231 g/mol. The molecule has 0 saturated heterocycles. The summed E-state index contributed by atoms with van der Waals surface area (Å²) in [5.74, 6) is -0.341. The topological polar surface area (TPSA) is 49.3 Å². The zero-order valence-corrected chi connectivity index (χ0v) is 9.94. The van der Waals surface area contributed by atoms with Crippen molar-refractivity contribution in [3.05, 3.63) is 29.3 Å². The van der Waals surface area contributed by atoms with Gasteiger partial charge >= 0.3 is 5.97 Å². The van der Waals surface area contributed by atoms with Gasteiger partial charge in [-0.2, -0.15) is 0 Å². The molecule has 17 heavy (non-hydrogen) atoms. The zero-order chi connectivity index (χ0) is 12.0. The first kappa shape index (κ1) is 10.6. The average Bonchev–Trinajstić information content (AvgIpc) is 3.11. The second-order valence-corrected chi connectivity index (χ2v) is 5.31. The van der Waals surface area contributed by atoms with Gasteiger partial charge in [0.05, 0.1) is 5.92 Å². The molecule has 1 aromatic rings. The van der Waals surface area contributed by atoms with Crippen molar-refractivity contribution in [2.75, 3.05) is 5.32 Å². The molecule has 0 spiro atoms. The molecular formula is C14H17NO2. The minimum Gasteiger partial charge on any atom is -0.481 e. The number of carboxylic acid groups (broad SMARTS) is 1. The Morgan fingerprint density at radius 3 is 2.82 bits per heavy atom. The van der Waals surface area contributed by atoms with Gasteiger partial charge in [0.1, 0.15) is 0 Å². The third-order valence-electron chi connectivity index (χ3n) is 3.90. The van der Waals surface area contributed by atoms with Crippen molar-refractivity contribution in [1.82, 2.24) is 0 Å². The molecule has 0 bridgehead atoms. The number of anilines is 1. The molecule has 3 nitrogen and oxygen atoms in total. The summed E-state index contributed by atoms with van der Waals surface area (Å²) in [5, 5.41) is 12.9. The zero-order valence-electron chi connectivity index (χ0n) is 9.94. The Bertz CT molecular complexity index is 465. The number of carbonyl (C=O) groups is 1. The van der Waals surface area contributed by atoms with Crippen LogP contribution in [0.2, 0.25) is 0 Å². The predicted molar refractivity (Wildman–Crippen MR) is 66.3 cm³/mol. The first-order chi connectivity index (χ1) is 8.15. The molecule has 2 N–H and O–H groups in total. The molecule has 3 heteroatoms. The van der Waals surface area contributed by atoms with Crippen LogP contribution in [0, 0.1) is 12.8 Å². The van der Waals surface area contributed by atoms with E-state index in [1.165, 1.54) is 12.8 Å². The highest BCUT2D eigenvalue weighted by atomic mass is 16.4. The van der Waals surface area contributed by atoms with Gasteiger partial charge in [-0.15, -0.1) is 0 Å². The van der Waals surface area contributed by atoms with Crippen LogP contribution < -0.4 is 5.32 Å². The number of benzene rings is 1. The second-order valence-electron chi connectivity index (χ2n) is 5.31. The Morgan fingerprint density at radius 2 is 2.18 bits per heavy atom. The van der Waals surface area contributed by atoms with E-state index in [0.29, 0.717) is 12.0 Å². The van der Waals surface area contributed by atoms with Gasteiger partial charge in [-0.25, -0.2) is 0 Å². The van der Waals surface area contributed by atoms with Gasteiger partial charge in [-0.05, 0) is 43.7 Å². The second kappa shape index (κ2) is 3.76. The predicted octanol–water partition coefficient (Wildman–Crippen LogP) is 2.76. The Balaban J connectivity index is 1.98. The minimum absolute atomic E-state index is 0.336. The summed E-state index contributed by atoms with van der Waals surface area (Å²) in [6.07, 6.45) is 3.22. The van der Waals surface area contributed by atoms with Crippen LogP contribution in [0.1, 0.15) is 36.3 Å². The van der Waals surface area contributed by atoms with E-state index in [-0.39, 0.29) is 5.92 Å². The van der Waals surface area contributed by atoms with Gasteiger partial charge in [0.15, 0.2) is 0 Å². The molecule has 90 valence electrons. The molecular weight excluding hydrogens is 214 g/mol. The summed E-state index contributed by atoms with van der Waals surface area (Å²) >= 11 is 0. The van der Waals surface area contributed by atoms with Crippen molar-refractivity contribution < 1.29 is 9.90 Å². The molecule has 1 aromatic carbocycles. The molecule has 2 atom stereocenters. The fourth-order valence-corrected chi connectivity index (χ4v) is 2.78. The number of fused-ring (bicyclic) bond motifs is 1. The van der Waals surface area contributed by atoms with E-state index < -0.39 is 5.97 Å². The van der Waals surface area contributed by atoms with Gasteiger partial charge in [0.2, 0.25) is 0 Å². The maximum Gasteiger partial charge on any atom is 0.311 e. The van der Waals surface area contributed by atoms with E-state index in [4.69, 9.17) is 0 Å². The van der Waals surface area contributed by atoms with E-state index >= 15 is 0 Å². The summed E-state index contributed by atoms with van der Waals surface area (Å²) < 4.78 is 0. The maximum atomic E-state index is 11.4. The van der Waals surface area contributed by atoms with Gasteiger partial charge in [-0.3, -0.25) is 4.79 Å². The van der Waals surface area contributed by atoms with Crippen molar-refractivity contribution in [3.8, 4) is 0 Å². The normalized spacial score (nSPS) is 27.1. The molecule has 1 heterocycles. The maximum absolute atomic E-state index is 11.4. The van der Waals surface area contributed by atoms with Crippen LogP contribution in [0.5, 0.6) is 0 Å². The van der Waals surface area contributed by atoms with E-state index in [1.54, 1.807) is 0 Å². The molecule has 0 amide bonds. The van der Waals surface area contributed by atoms with Crippen LogP contribution in [-0.4, -0.2) is 17.1 Å². The molecule has 2 unspecified atom stereocenters. The molecule has 1 aliphatic heterocycles. The Hall–Kier alpha value is -1.51. The number of hydrogen-bond donors (Lipinski definition) is 2. The minimum atomic E-state index is -0.691. The number of hydrogen-bond acceptors (Lipinski definition) is 2. The Labute approximate surface area is 101 Å². The van der Waals surface area contributed by atoms with Crippen LogP contribution >= 0.6 is 0 Å². The largest absolute Gasteiger partial charge is 0.481 e. The summed E-state index contributed by atoms with van der Waals surface area (Å²) in [7, 11) is 0. The lowest BCUT2D eigenvalue weighted by atomic mass is 9.84. The van der Waals surface area contributed by atoms with Gasteiger partial charge in [-0.1, -0.05) is 17.7 Å². The van der Waals surface area contributed by atoms with Crippen molar-refractivity contribution in [2.24, 2.45) is 5.92 Å². The summed E-state index contributed by atoms with van der Waals surface area (Å²) in [6.45, 7) is 2.01. The Morgan fingerprint density at radius 1 is 1.41 bits per heavy atom. The lowest BCUT2D eigenvalue weighted by Gasteiger charge is -2.31. The van der Waals surface area contributed by atoms with Gasteiger partial charge in [0.25, 0.3) is 0 Å². The van der Waals surface area contributed by atoms with Crippen molar-refractivity contribution in [3.63, 3.8) is 0 Å². The molecule has 1 aliphatic carbocycles. The highest BCUT2D eigenvalue weighted by molar-refractivity contribution is 5.80. The number of aliphatic carboxylic acids is 1. The standard InChI is InChI=1S/C14H17NO2/c1-8-2-5-12-10(6-8)11(14(16)17)7-13(15-12)9-3-4-9/h2,5-6,9,11,13,15H,3-4,7H2,1H3,(H,16,17). The van der Waals surface area contributed by atoms with Crippen LogP contribution in [0.25, 0.3) is 0 Å². The summed E-state index contributed by atoms with van der Waals surface area (Å²) in [5.41, 5.74) is 3.10. The van der Waals surface area contributed by atoms with Crippen molar-refractivity contribution >= 4 is 11.7 Å². The fraction of sp³-hybridized carbons (Fsp3) is 0.500. The van der Waals surface area contributed by atoms with E-state index in [0.717, 1.165) is 23.2 Å². The Kier molecular flexibility index (Phi) is 2.35. The first-order valence-corrected chi connectivity index (χ1v) is 6.25. The molecule has 2 aliphatic rings. The molecule has 0 radical (unpaired) electrons. The number of carboxylic acids is 1. The lowest BCUT2D eigenvalue weighted by Crippen LogP contribution is -2.32. The third kappa shape index (κ3) is 1.90. The van der Waals surface area contributed by atoms with Crippen molar-refractivity contribution in [1.29, 1.82) is 0 Å². The van der Waals surface area contributed by atoms with Gasteiger partial charge < -0.3 is 10.4 Å². The highest BCUT2D eigenvalue weighted by Gasteiger charge is 2.39. The van der Waals surface area contributed by atoms with Crippen LogP contribution in [0.3, 0.4) is 0 Å². The number of aryl methyl sites for hydroxylation is 1. The number of rotatable bonds is 2. The smallest absolute Gasteiger partial charge is 0.311 e. The van der Waals surface area contributed by atoms with E-state index in [9.17, 15) is 9.90 Å². The monoisotopic (exact) mass is 231 g/mol. The third-order valence-corrected chi connectivity index (χ3v) is 3.90. The van der Waals surface area contributed by atoms with E-state index in [2.05, 4.69) is 5.32 Å². The van der Waals surface area contributed by atoms with Crippen LogP contribution in [0.4, 0.5) is 5.69 Å². The lowest BCUT2D eigenvalue weighted by molar-refractivity contribution is -0.139. The summed E-state index contributed by atoms with van der Waals surface area (Å²) in [4.78, 5) is 11.4. The van der Waals surface area contributed by atoms with Crippen LogP contribution in [-0.2, 0) is 4.79 Å². The quantitative estimate of drug-likeness (QED) is 0.822. The van der Waals surface area contributed by atoms with Crippen molar-refractivity contribution in [2.45, 2.75) is 38.1 Å². The SMILES string of the molecule is Cc1ccc2c(c1)C(C(=O)O)CC(C1CC1)N2. The van der Waals surface area contributed by atoms with E-state index in [1.807, 2.05) is 25.1 Å². The fourth-order valence-electron chi connectivity index (χ4n) is 2.78. The first-order valence-electron chi connectivity index (χ1n) is 6.25. The van der Waals surface area contributed by atoms with Crippen LogP contribution in [0.15, 0.2) is 18.2 Å². The number of nitrogens with one attached hydrogen (secondary N) is 1. The highest BCUT2D eigenvalue weighted by Crippen LogP contribution is 2.43.